The summed E-state index contributed by atoms with van der Waals surface area (Å²) < 4.78 is 32.2. The van der Waals surface area contributed by atoms with Gasteiger partial charge in [0.05, 0.1) is 0 Å². The second-order valence-corrected chi connectivity index (χ2v) is 5.19. The second kappa shape index (κ2) is 5.04. The van der Waals surface area contributed by atoms with Crippen molar-refractivity contribution in [2.24, 2.45) is 5.73 Å². The Kier molecular flexibility index (Phi) is 3.36. The van der Waals surface area contributed by atoms with E-state index in [-0.39, 0.29) is 6.10 Å². The first kappa shape index (κ1) is 13.3. The summed E-state index contributed by atoms with van der Waals surface area (Å²) in [4.78, 5) is 0. The van der Waals surface area contributed by atoms with Crippen LogP contribution in [0.5, 0.6) is 5.75 Å². The monoisotopic (exact) mass is 295 g/mol. The topological polar surface area (TPSA) is 35.2 Å². The van der Waals surface area contributed by atoms with Crippen LogP contribution in [0.2, 0.25) is 5.02 Å². The highest BCUT2D eigenvalue weighted by Crippen LogP contribution is 2.41. The quantitative estimate of drug-likeness (QED) is 0.919. The maximum Gasteiger partial charge on any atom is 0.159 e. The first-order valence-corrected chi connectivity index (χ1v) is 6.61. The standard InChI is InChI=1S/C15H12ClF2NO/c16-10-3-9-4-11(7-19)20-15(9)12(6-10)8-1-2-13(17)14(18)5-8/h1-3,5-6,11H,4,7,19H2/t11-/m0/s1. The van der Waals surface area contributed by atoms with Gasteiger partial charge in [0, 0.05) is 23.6 Å². The zero-order valence-electron chi connectivity index (χ0n) is 10.5. The molecule has 0 saturated carbocycles. The van der Waals surface area contributed by atoms with E-state index in [1.165, 1.54) is 6.07 Å². The Bertz CT molecular complexity index is 675. The van der Waals surface area contributed by atoms with Gasteiger partial charge in [-0.3, -0.25) is 0 Å². The molecule has 0 aliphatic carbocycles. The van der Waals surface area contributed by atoms with E-state index >= 15 is 0 Å². The zero-order chi connectivity index (χ0) is 14.3. The molecular formula is C15H12ClF2NO. The highest BCUT2D eigenvalue weighted by atomic mass is 35.5. The van der Waals surface area contributed by atoms with E-state index in [0.29, 0.717) is 34.9 Å². The lowest BCUT2D eigenvalue weighted by Gasteiger charge is -2.11. The zero-order valence-corrected chi connectivity index (χ0v) is 11.3. The van der Waals surface area contributed by atoms with Crippen molar-refractivity contribution in [3.63, 3.8) is 0 Å². The molecule has 0 bridgehead atoms. The van der Waals surface area contributed by atoms with Gasteiger partial charge in [-0.2, -0.15) is 0 Å². The Morgan fingerprint density at radius 1 is 1.20 bits per heavy atom. The van der Waals surface area contributed by atoms with E-state index in [1.54, 1.807) is 6.07 Å². The molecule has 0 aromatic heterocycles. The fourth-order valence-electron chi connectivity index (χ4n) is 2.40. The summed E-state index contributed by atoms with van der Waals surface area (Å²) in [7, 11) is 0. The van der Waals surface area contributed by atoms with E-state index < -0.39 is 11.6 Å². The number of rotatable bonds is 2. The fraction of sp³-hybridized carbons (Fsp3) is 0.200. The van der Waals surface area contributed by atoms with Crippen molar-refractivity contribution < 1.29 is 13.5 Å². The number of benzene rings is 2. The van der Waals surface area contributed by atoms with Gasteiger partial charge in [-0.15, -0.1) is 0 Å². The van der Waals surface area contributed by atoms with Gasteiger partial charge in [0.25, 0.3) is 0 Å². The average Bonchev–Trinajstić information content (AvgIpc) is 2.83. The highest BCUT2D eigenvalue weighted by molar-refractivity contribution is 6.31. The molecule has 3 rings (SSSR count). The minimum absolute atomic E-state index is 0.104. The number of hydrogen-bond acceptors (Lipinski definition) is 2. The van der Waals surface area contributed by atoms with Crippen LogP contribution in [-0.2, 0) is 6.42 Å². The van der Waals surface area contributed by atoms with Crippen LogP contribution in [0.3, 0.4) is 0 Å². The lowest BCUT2D eigenvalue weighted by molar-refractivity contribution is 0.242. The Morgan fingerprint density at radius 2 is 2.00 bits per heavy atom. The van der Waals surface area contributed by atoms with Crippen molar-refractivity contribution in [2.45, 2.75) is 12.5 Å². The van der Waals surface area contributed by atoms with Crippen molar-refractivity contribution in [3.05, 3.63) is 52.6 Å². The van der Waals surface area contributed by atoms with Crippen molar-refractivity contribution in [1.29, 1.82) is 0 Å². The molecule has 2 aromatic carbocycles. The molecule has 2 aromatic rings. The smallest absolute Gasteiger partial charge is 0.159 e. The Labute approximate surface area is 120 Å². The largest absolute Gasteiger partial charge is 0.488 e. The Morgan fingerprint density at radius 3 is 2.70 bits per heavy atom. The second-order valence-electron chi connectivity index (χ2n) is 4.75. The van der Waals surface area contributed by atoms with Gasteiger partial charge in [0.1, 0.15) is 11.9 Å². The van der Waals surface area contributed by atoms with Crippen molar-refractivity contribution >= 4 is 11.6 Å². The van der Waals surface area contributed by atoms with Crippen LogP contribution < -0.4 is 10.5 Å². The van der Waals surface area contributed by atoms with Gasteiger partial charge < -0.3 is 10.5 Å². The van der Waals surface area contributed by atoms with Crippen LogP contribution in [0.4, 0.5) is 8.78 Å². The maximum atomic E-state index is 13.4. The molecule has 5 heteroatoms. The van der Waals surface area contributed by atoms with Gasteiger partial charge in [-0.1, -0.05) is 17.7 Å². The summed E-state index contributed by atoms with van der Waals surface area (Å²) in [6.45, 7) is 0.392. The molecule has 1 aliphatic rings. The molecule has 0 radical (unpaired) electrons. The summed E-state index contributed by atoms with van der Waals surface area (Å²) in [5.74, 6) is -1.13. The maximum absolute atomic E-state index is 13.4. The third kappa shape index (κ3) is 2.25. The predicted molar refractivity (Wildman–Crippen MR) is 74.0 cm³/mol. The van der Waals surface area contributed by atoms with Crippen molar-refractivity contribution in [1.82, 2.24) is 0 Å². The van der Waals surface area contributed by atoms with E-state index in [9.17, 15) is 8.78 Å². The molecule has 0 amide bonds. The molecule has 104 valence electrons. The lowest BCUT2D eigenvalue weighted by Crippen LogP contribution is -2.24. The predicted octanol–water partition coefficient (Wildman–Crippen LogP) is 3.55. The SMILES string of the molecule is NC[C@@H]1Cc2cc(Cl)cc(-c3ccc(F)c(F)c3)c2O1. The molecule has 1 atom stereocenters. The highest BCUT2D eigenvalue weighted by Gasteiger charge is 2.25. The molecule has 2 nitrogen and oxygen atoms in total. The first-order chi connectivity index (χ1) is 9.58. The van der Waals surface area contributed by atoms with Gasteiger partial charge in [-0.05, 0) is 35.4 Å². The summed E-state index contributed by atoms with van der Waals surface area (Å²) in [6, 6.07) is 7.24. The number of hydrogen-bond donors (Lipinski definition) is 1. The van der Waals surface area contributed by atoms with Crippen LogP contribution in [0.25, 0.3) is 11.1 Å². The molecule has 2 N–H and O–H groups in total. The third-order valence-corrected chi connectivity index (χ3v) is 3.57. The third-order valence-electron chi connectivity index (χ3n) is 3.36. The molecular weight excluding hydrogens is 284 g/mol. The summed E-state index contributed by atoms with van der Waals surface area (Å²) in [6.07, 6.45) is 0.566. The minimum atomic E-state index is -0.899. The number of fused-ring (bicyclic) bond motifs is 1. The van der Waals surface area contributed by atoms with Crippen molar-refractivity contribution in [2.75, 3.05) is 6.54 Å². The van der Waals surface area contributed by atoms with E-state index in [1.807, 2.05) is 6.07 Å². The molecule has 0 fully saturated rings. The number of halogens is 3. The molecule has 1 heterocycles. The first-order valence-electron chi connectivity index (χ1n) is 6.23. The van der Waals surface area contributed by atoms with E-state index in [4.69, 9.17) is 22.1 Å². The molecule has 0 spiro atoms. The van der Waals surface area contributed by atoms with Crippen LogP contribution in [0, 0.1) is 11.6 Å². The van der Waals surface area contributed by atoms with Gasteiger partial charge >= 0.3 is 0 Å². The van der Waals surface area contributed by atoms with Crippen LogP contribution >= 0.6 is 11.6 Å². The minimum Gasteiger partial charge on any atom is -0.488 e. The fourth-order valence-corrected chi connectivity index (χ4v) is 2.64. The molecule has 20 heavy (non-hydrogen) atoms. The van der Waals surface area contributed by atoms with E-state index in [0.717, 1.165) is 17.7 Å². The Balaban J connectivity index is 2.13. The molecule has 0 unspecified atom stereocenters. The summed E-state index contributed by atoms with van der Waals surface area (Å²) in [5.41, 5.74) is 7.74. The lowest BCUT2D eigenvalue weighted by atomic mass is 10.0. The summed E-state index contributed by atoms with van der Waals surface area (Å²) in [5, 5.41) is 0.532. The Hall–Kier alpha value is -1.65. The van der Waals surface area contributed by atoms with Crippen LogP contribution in [0.1, 0.15) is 5.56 Å². The van der Waals surface area contributed by atoms with Gasteiger partial charge in [0.15, 0.2) is 11.6 Å². The van der Waals surface area contributed by atoms with Gasteiger partial charge in [0.2, 0.25) is 0 Å². The molecule has 0 saturated heterocycles. The number of nitrogens with two attached hydrogens (primary N) is 1. The average molecular weight is 296 g/mol. The normalized spacial score (nSPS) is 16.9. The number of ether oxygens (including phenoxy) is 1. The summed E-state index contributed by atoms with van der Waals surface area (Å²) >= 11 is 6.09. The van der Waals surface area contributed by atoms with E-state index in [2.05, 4.69) is 0 Å². The van der Waals surface area contributed by atoms with Crippen molar-refractivity contribution in [3.8, 4) is 16.9 Å². The molecule has 1 aliphatic heterocycles. The van der Waals surface area contributed by atoms with Gasteiger partial charge in [-0.25, -0.2) is 8.78 Å². The van der Waals surface area contributed by atoms with Crippen LogP contribution in [0.15, 0.2) is 30.3 Å². The van der Waals surface area contributed by atoms with Crippen LogP contribution in [-0.4, -0.2) is 12.6 Å².